The van der Waals surface area contributed by atoms with Gasteiger partial charge in [-0.05, 0) is 36.6 Å². The molecule has 0 radical (unpaired) electrons. The fourth-order valence-electron chi connectivity index (χ4n) is 3.12. The van der Waals surface area contributed by atoms with Gasteiger partial charge >= 0.3 is 5.97 Å². The number of piperazine rings is 1. The number of rotatable bonds is 6. The molecule has 1 aromatic rings. The Morgan fingerprint density at radius 2 is 1.68 bits per heavy atom. The molecule has 1 aliphatic heterocycles. The van der Waals surface area contributed by atoms with E-state index in [2.05, 4.69) is 0 Å². The number of carboxylic acids is 1. The van der Waals surface area contributed by atoms with Crippen LogP contribution < -0.4 is 4.90 Å². The zero-order valence-corrected chi connectivity index (χ0v) is 14.6. The molecule has 1 amide bonds. The van der Waals surface area contributed by atoms with Crippen LogP contribution >= 0.6 is 0 Å². The quantitative estimate of drug-likeness (QED) is 0.812. The third-order valence-corrected chi connectivity index (χ3v) is 4.46. The van der Waals surface area contributed by atoms with Crippen LogP contribution in [0.15, 0.2) is 24.3 Å². The average molecular weight is 352 g/mol. The van der Waals surface area contributed by atoms with E-state index in [1.807, 2.05) is 18.7 Å². The first-order valence-electron chi connectivity index (χ1n) is 8.49. The normalized spacial score (nSPS) is 17.5. The van der Waals surface area contributed by atoms with Crippen LogP contribution in [0.2, 0.25) is 0 Å². The van der Waals surface area contributed by atoms with Crippen molar-refractivity contribution in [3.05, 3.63) is 30.1 Å². The summed E-state index contributed by atoms with van der Waals surface area (Å²) in [6, 6.07) is 6.19. The van der Waals surface area contributed by atoms with Crippen molar-refractivity contribution in [2.24, 2.45) is 11.8 Å². The van der Waals surface area contributed by atoms with Crippen LogP contribution in [0, 0.1) is 17.7 Å². The first-order valence-corrected chi connectivity index (χ1v) is 8.49. The largest absolute Gasteiger partial charge is 0.479 e. The molecule has 138 valence electrons. The summed E-state index contributed by atoms with van der Waals surface area (Å²) >= 11 is 0. The molecule has 6 nitrogen and oxygen atoms in total. The molecule has 0 saturated carbocycles. The minimum absolute atomic E-state index is 0.100. The number of hydrogen-bond donors (Lipinski definition) is 2. The van der Waals surface area contributed by atoms with Crippen molar-refractivity contribution in [3.63, 3.8) is 0 Å². The number of benzene rings is 1. The topological polar surface area (TPSA) is 81.1 Å². The van der Waals surface area contributed by atoms with Gasteiger partial charge in [0, 0.05) is 31.9 Å². The molecular weight excluding hydrogens is 327 g/mol. The van der Waals surface area contributed by atoms with Crippen LogP contribution in [0.1, 0.15) is 20.3 Å². The van der Waals surface area contributed by atoms with Gasteiger partial charge in [0.05, 0.1) is 5.92 Å². The summed E-state index contributed by atoms with van der Waals surface area (Å²) in [6.07, 6.45) is -1.37. The Bertz CT molecular complexity index is 598. The smallest absolute Gasteiger partial charge is 0.333 e. The van der Waals surface area contributed by atoms with Crippen LogP contribution in [0.25, 0.3) is 0 Å². The Morgan fingerprint density at radius 1 is 1.12 bits per heavy atom. The van der Waals surface area contributed by atoms with Gasteiger partial charge in [-0.15, -0.1) is 0 Å². The maximum atomic E-state index is 13.0. The van der Waals surface area contributed by atoms with Crippen molar-refractivity contribution < 1.29 is 24.2 Å². The lowest BCUT2D eigenvalue weighted by Gasteiger charge is -2.38. The maximum Gasteiger partial charge on any atom is 0.333 e. The fraction of sp³-hybridized carbons (Fsp3) is 0.556. The number of anilines is 1. The summed E-state index contributed by atoms with van der Waals surface area (Å²) in [6.45, 7) is 5.82. The lowest BCUT2D eigenvalue weighted by Crippen LogP contribution is -2.52. The molecule has 25 heavy (non-hydrogen) atoms. The molecule has 0 aromatic heterocycles. The van der Waals surface area contributed by atoms with Crippen molar-refractivity contribution in [3.8, 4) is 0 Å². The van der Waals surface area contributed by atoms with Gasteiger partial charge < -0.3 is 20.0 Å². The number of nitrogens with zero attached hydrogens (tertiary/aromatic N) is 2. The number of hydrogen-bond acceptors (Lipinski definition) is 4. The van der Waals surface area contributed by atoms with E-state index in [1.165, 1.54) is 12.1 Å². The summed E-state index contributed by atoms with van der Waals surface area (Å²) in [4.78, 5) is 27.5. The van der Waals surface area contributed by atoms with E-state index in [1.54, 1.807) is 17.0 Å². The van der Waals surface area contributed by atoms with Gasteiger partial charge in [-0.25, -0.2) is 9.18 Å². The Kier molecular flexibility index (Phi) is 6.36. The van der Waals surface area contributed by atoms with Crippen LogP contribution in [0.4, 0.5) is 10.1 Å². The molecule has 1 heterocycles. The van der Waals surface area contributed by atoms with E-state index >= 15 is 0 Å². The molecule has 0 aliphatic carbocycles. The standard InChI is InChI=1S/C18H25FN2O4/c1-12(2)11-15(16(22)18(24)25)17(23)21-9-7-20(8-10-21)14-5-3-13(19)4-6-14/h3-6,12,15-16,22H,7-11H2,1-2H3,(H,24,25)/t15-,16-/m0/s1. The molecule has 2 rings (SSSR count). The van der Waals surface area contributed by atoms with Gasteiger partial charge in [0.1, 0.15) is 5.82 Å². The number of halogens is 1. The molecule has 2 atom stereocenters. The molecule has 1 aromatic carbocycles. The SMILES string of the molecule is CC(C)C[C@H](C(=O)N1CCN(c2ccc(F)cc2)CC1)[C@H](O)C(=O)O. The molecule has 1 saturated heterocycles. The second kappa shape index (κ2) is 8.29. The predicted octanol–water partition coefficient (Wildman–Crippen LogP) is 1.58. The van der Waals surface area contributed by atoms with Gasteiger partial charge in [0.25, 0.3) is 0 Å². The van der Waals surface area contributed by atoms with Crippen molar-refractivity contribution >= 4 is 17.6 Å². The molecule has 0 unspecified atom stereocenters. The summed E-state index contributed by atoms with van der Waals surface area (Å²) in [5.74, 6) is -2.82. The Balaban J connectivity index is 2.00. The molecule has 1 fully saturated rings. The van der Waals surface area contributed by atoms with Crippen molar-refractivity contribution in [1.82, 2.24) is 4.90 Å². The molecule has 0 bridgehead atoms. The van der Waals surface area contributed by atoms with Gasteiger partial charge in [0.15, 0.2) is 6.10 Å². The Hall–Kier alpha value is -2.15. The number of carboxylic acid groups (broad SMARTS) is 1. The predicted molar refractivity (Wildman–Crippen MR) is 91.8 cm³/mol. The van der Waals surface area contributed by atoms with Gasteiger partial charge in [0.2, 0.25) is 5.91 Å². The van der Waals surface area contributed by atoms with E-state index in [0.717, 1.165) is 5.69 Å². The van der Waals surface area contributed by atoms with E-state index in [0.29, 0.717) is 32.6 Å². The van der Waals surface area contributed by atoms with Crippen LogP contribution in [0.5, 0.6) is 0 Å². The number of aliphatic hydroxyl groups is 1. The van der Waals surface area contributed by atoms with Crippen molar-refractivity contribution in [2.45, 2.75) is 26.4 Å². The highest BCUT2D eigenvalue weighted by Gasteiger charge is 2.36. The minimum Gasteiger partial charge on any atom is -0.479 e. The van der Waals surface area contributed by atoms with E-state index in [-0.39, 0.29) is 17.6 Å². The number of aliphatic carboxylic acids is 1. The molecule has 7 heteroatoms. The third kappa shape index (κ3) is 4.92. The molecule has 2 N–H and O–H groups in total. The summed E-state index contributed by atoms with van der Waals surface area (Å²) in [7, 11) is 0. The maximum absolute atomic E-state index is 13.0. The molecular formula is C18H25FN2O4. The Labute approximate surface area is 146 Å². The molecule has 1 aliphatic rings. The summed E-state index contributed by atoms with van der Waals surface area (Å²) in [5.41, 5.74) is 0.887. The lowest BCUT2D eigenvalue weighted by molar-refractivity contribution is -0.157. The first kappa shape index (κ1) is 19.2. The third-order valence-electron chi connectivity index (χ3n) is 4.46. The zero-order chi connectivity index (χ0) is 18.6. The number of carbonyl (C=O) groups excluding carboxylic acids is 1. The number of amides is 1. The zero-order valence-electron chi connectivity index (χ0n) is 14.6. The minimum atomic E-state index is -1.69. The highest BCUT2D eigenvalue weighted by molar-refractivity contribution is 5.86. The van der Waals surface area contributed by atoms with Crippen LogP contribution in [0.3, 0.4) is 0 Å². The van der Waals surface area contributed by atoms with E-state index in [9.17, 15) is 19.1 Å². The van der Waals surface area contributed by atoms with E-state index in [4.69, 9.17) is 5.11 Å². The van der Waals surface area contributed by atoms with Crippen LogP contribution in [-0.4, -0.2) is 59.3 Å². The number of carbonyl (C=O) groups is 2. The highest BCUT2D eigenvalue weighted by Crippen LogP contribution is 2.22. The van der Waals surface area contributed by atoms with Crippen LogP contribution in [-0.2, 0) is 9.59 Å². The lowest BCUT2D eigenvalue weighted by atomic mass is 9.90. The second-order valence-corrected chi connectivity index (χ2v) is 6.81. The van der Waals surface area contributed by atoms with Gasteiger partial charge in [-0.3, -0.25) is 4.79 Å². The first-order chi connectivity index (χ1) is 11.8. The molecule has 0 spiro atoms. The average Bonchev–Trinajstić information content (AvgIpc) is 2.59. The fourth-order valence-corrected chi connectivity index (χ4v) is 3.12. The van der Waals surface area contributed by atoms with Gasteiger partial charge in [-0.1, -0.05) is 13.8 Å². The summed E-state index contributed by atoms with van der Waals surface area (Å²) < 4.78 is 13.0. The van der Waals surface area contributed by atoms with E-state index < -0.39 is 18.0 Å². The van der Waals surface area contributed by atoms with Gasteiger partial charge in [-0.2, -0.15) is 0 Å². The number of aliphatic hydroxyl groups excluding tert-OH is 1. The Morgan fingerprint density at radius 3 is 2.16 bits per heavy atom. The highest BCUT2D eigenvalue weighted by atomic mass is 19.1. The van der Waals surface area contributed by atoms with Crippen molar-refractivity contribution in [1.29, 1.82) is 0 Å². The van der Waals surface area contributed by atoms with Crippen molar-refractivity contribution in [2.75, 3.05) is 31.1 Å². The summed E-state index contributed by atoms with van der Waals surface area (Å²) in [5, 5.41) is 19.0. The second-order valence-electron chi connectivity index (χ2n) is 6.81. The monoisotopic (exact) mass is 352 g/mol.